The Bertz CT molecular complexity index is 42.2. The van der Waals surface area contributed by atoms with Crippen LogP contribution in [-0.4, -0.2) is 34.7 Å². The van der Waals surface area contributed by atoms with Gasteiger partial charge in [-0.2, -0.15) is 0 Å². The van der Waals surface area contributed by atoms with Crippen molar-refractivity contribution in [1.29, 1.82) is 0 Å². The van der Waals surface area contributed by atoms with Gasteiger partial charge in [-0.15, -0.1) is 0 Å². The maximum atomic E-state index is 7.74. The maximum Gasteiger partial charge on any atom is 0.621 e. The fourth-order valence-electron chi connectivity index (χ4n) is 0.109. The van der Waals surface area contributed by atoms with E-state index in [2.05, 4.69) is 4.57 Å². The van der Waals surface area contributed by atoms with E-state index in [4.69, 9.17) is 20.1 Å². The Morgan fingerprint density at radius 2 is 1.00 bits per heavy atom. The zero-order valence-corrected chi connectivity index (χ0v) is 4.77. The van der Waals surface area contributed by atoms with E-state index < -0.39 is 14.6 Å². The predicted octanol–water partition coefficient (Wildman–Crippen LogP) is -2.73. The third kappa shape index (κ3) is 18.1. The Kier molecular flexibility index (Phi) is 13.9. The standard InChI is InChI=1S/B2H4O5.2H3N/c3-1(4)7-2(5)6;;/h3-6H;2*1H3. The lowest BCUT2D eigenvalue weighted by molar-refractivity contribution is 0.213. The lowest BCUT2D eigenvalue weighted by atomic mass is 10.1. The lowest BCUT2D eigenvalue weighted by Gasteiger charge is -1.95. The molecule has 9 heteroatoms. The van der Waals surface area contributed by atoms with Crippen LogP contribution in [0.25, 0.3) is 0 Å². The monoisotopic (exact) mass is 140 g/mol. The highest BCUT2D eigenvalue weighted by Crippen LogP contribution is 1.73. The zero-order chi connectivity index (χ0) is 5.86. The van der Waals surface area contributed by atoms with E-state index in [0.717, 1.165) is 0 Å². The molecule has 0 radical (unpaired) electrons. The van der Waals surface area contributed by atoms with E-state index in [0.29, 0.717) is 0 Å². The van der Waals surface area contributed by atoms with Gasteiger partial charge in [0, 0.05) is 0 Å². The van der Waals surface area contributed by atoms with Gasteiger partial charge in [0.1, 0.15) is 0 Å². The normalized spacial score (nSPS) is 6.67. The quantitative estimate of drug-likeness (QED) is 0.226. The summed E-state index contributed by atoms with van der Waals surface area (Å²) in [5.41, 5.74) is 0. The van der Waals surface area contributed by atoms with Crippen molar-refractivity contribution in [3.8, 4) is 0 Å². The van der Waals surface area contributed by atoms with Crippen molar-refractivity contribution >= 4 is 14.6 Å². The molecule has 7 nitrogen and oxygen atoms in total. The Balaban J connectivity index is -0.000000180. The van der Waals surface area contributed by atoms with Crippen LogP contribution in [0.3, 0.4) is 0 Å². The van der Waals surface area contributed by atoms with Crippen LogP contribution in [0.4, 0.5) is 0 Å². The smallest absolute Gasteiger partial charge is 0.402 e. The third-order valence-electron chi connectivity index (χ3n) is 0.243. The Morgan fingerprint density at radius 3 is 1.00 bits per heavy atom. The average Bonchev–Trinajstić information content (AvgIpc) is 1.27. The molecular weight excluding hydrogens is 130 g/mol. The maximum absolute atomic E-state index is 7.74. The summed E-state index contributed by atoms with van der Waals surface area (Å²) in [6.07, 6.45) is 0. The summed E-state index contributed by atoms with van der Waals surface area (Å²) in [7, 11) is -4.25. The second-order valence-electron chi connectivity index (χ2n) is 0.789. The molecule has 0 aromatic carbocycles. The van der Waals surface area contributed by atoms with Crippen molar-refractivity contribution in [1.82, 2.24) is 12.3 Å². The molecule has 0 aliphatic heterocycles. The molecular formula is H10B2N2O5. The molecule has 0 saturated heterocycles. The summed E-state index contributed by atoms with van der Waals surface area (Å²) in [4.78, 5) is 0. The van der Waals surface area contributed by atoms with E-state index in [-0.39, 0.29) is 12.3 Å². The molecule has 0 aliphatic rings. The topological polar surface area (TPSA) is 160 Å². The first-order chi connectivity index (χ1) is 3.13. The van der Waals surface area contributed by atoms with Crippen LogP contribution in [0, 0.1) is 0 Å². The van der Waals surface area contributed by atoms with E-state index >= 15 is 0 Å². The summed E-state index contributed by atoms with van der Waals surface area (Å²) in [5, 5.41) is 30.9. The molecule has 0 bridgehead atoms. The minimum Gasteiger partial charge on any atom is -0.402 e. The number of rotatable bonds is 2. The molecule has 9 heavy (non-hydrogen) atoms. The van der Waals surface area contributed by atoms with E-state index in [1.165, 1.54) is 0 Å². The van der Waals surface area contributed by atoms with Crippen molar-refractivity contribution in [3.05, 3.63) is 0 Å². The highest BCUT2D eigenvalue weighted by atomic mass is 16.7. The van der Waals surface area contributed by atoms with Crippen molar-refractivity contribution in [2.24, 2.45) is 0 Å². The first-order valence-electron chi connectivity index (χ1n) is 1.50. The van der Waals surface area contributed by atoms with Gasteiger partial charge < -0.3 is 37.0 Å². The van der Waals surface area contributed by atoms with Gasteiger partial charge in [0.05, 0.1) is 0 Å². The molecule has 0 heterocycles. The summed E-state index contributed by atoms with van der Waals surface area (Å²) in [6.45, 7) is 0. The number of hydrogen-bond acceptors (Lipinski definition) is 7. The second-order valence-corrected chi connectivity index (χ2v) is 0.789. The zero-order valence-electron chi connectivity index (χ0n) is 4.77. The average molecular weight is 140 g/mol. The van der Waals surface area contributed by atoms with Gasteiger partial charge in [0.25, 0.3) is 0 Å². The number of hydrogen-bond donors (Lipinski definition) is 6. The molecule has 0 fully saturated rings. The fourth-order valence-corrected chi connectivity index (χ4v) is 0.109. The highest BCUT2D eigenvalue weighted by molar-refractivity contribution is 6.48. The molecule has 0 aromatic heterocycles. The molecule has 0 atom stereocenters. The Morgan fingerprint density at radius 1 is 0.778 bits per heavy atom. The largest absolute Gasteiger partial charge is 0.621 e. The van der Waals surface area contributed by atoms with Crippen molar-refractivity contribution in [2.45, 2.75) is 0 Å². The van der Waals surface area contributed by atoms with E-state index in [1.54, 1.807) is 0 Å². The van der Waals surface area contributed by atoms with Crippen molar-refractivity contribution in [3.63, 3.8) is 0 Å². The van der Waals surface area contributed by atoms with Crippen LogP contribution in [0.15, 0.2) is 0 Å². The molecule has 0 saturated carbocycles. The summed E-state index contributed by atoms with van der Waals surface area (Å²) >= 11 is 0. The Labute approximate surface area is 52.8 Å². The summed E-state index contributed by atoms with van der Waals surface area (Å²) in [6, 6.07) is 0. The highest BCUT2D eigenvalue weighted by Gasteiger charge is 2.18. The van der Waals surface area contributed by atoms with Crippen LogP contribution < -0.4 is 12.3 Å². The van der Waals surface area contributed by atoms with Crippen molar-refractivity contribution in [2.75, 3.05) is 0 Å². The minimum atomic E-state index is -2.13. The van der Waals surface area contributed by atoms with Gasteiger partial charge in [-0.1, -0.05) is 0 Å². The Hall–Kier alpha value is -0.150. The van der Waals surface area contributed by atoms with Crippen LogP contribution in [0.1, 0.15) is 0 Å². The SMILES string of the molecule is N.N.OB(O)OB(O)O. The first-order valence-corrected chi connectivity index (χ1v) is 1.50. The van der Waals surface area contributed by atoms with Gasteiger partial charge in [-0.3, -0.25) is 0 Å². The van der Waals surface area contributed by atoms with E-state index in [1.807, 2.05) is 0 Å². The van der Waals surface area contributed by atoms with Crippen LogP contribution in [-0.2, 0) is 4.57 Å². The molecule has 0 amide bonds. The summed E-state index contributed by atoms with van der Waals surface area (Å²) in [5.74, 6) is 0. The van der Waals surface area contributed by atoms with Crippen molar-refractivity contribution < 1.29 is 24.7 Å². The van der Waals surface area contributed by atoms with Gasteiger partial charge in [0.2, 0.25) is 0 Å². The van der Waals surface area contributed by atoms with Gasteiger partial charge in [-0.05, 0) is 0 Å². The fraction of sp³-hybridized carbons (Fsp3) is 0. The minimum absolute atomic E-state index is 0. The molecule has 0 aromatic rings. The molecule has 0 unspecified atom stereocenters. The predicted molar refractivity (Wildman–Crippen MR) is 31.5 cm³/mol. The molecule has 56 valence electrons. The first kappa shape index (κ1) is 15.9. The van der Waals surface area contributed by atoms with Crippen LogP contribution in [0.2, 0.25) is 0 Å². The lowest BCUT2D eigenvalue weighted by Crippen LogP contribution is -2.28. The summed E-state index contributed by atoms with van der Waals surface area (Å²) < 4.78 is 3.47. The van der Waals surface area contributed by atoms with Gasteiger partial charge >= 0.3 is 14.6 Å². The van der Waals surface area contributed by atoms with Gasteiger partial charge in [0.15, 0.2) is 0 Å². The molecule has 0 rings (SSSR count). The third-order valence-corrected chi connectivity index (χ3v) is 0.243. The van der Waals surface area contributed by atoms with E-state index in [9.17, 15) is 0 Å². The van der Waals surface area contributed by atoms with Crippen LogP contribution in [0.5, 0.6) is 0 Å². The molecule has 0 aliphatic carbocycles. The van der Waals surface area contributed by atoms with Gasteiger partial charge in [-0.25, -0.2) is 0 Å². The van der Waals surface area contributed by atoms with Crippen LogP contribution >= 0.6 is 0 Å². The molecule has 10 N–H and O–H groups in total. The molecule has 0 spiro atoms. The second kappa shape index (κ2) is 7.85.